The molecule has 1 rings (SSSR count). The number of hydrogen-bond donors (Lipinski definition) is 0. The fourth-order valence-corrected chi connectivity index (χ4v) is 1.14. The Kier molecular flexibility index (Phi) is 1.99. The summed E-state index contributed by atoms with van der Waals surface area (Å²) in [4.78, 5) is 0. The minimum Gasteiger partial charge on any atom is -0.268 e. The molecule has 1 saturated heterocycles. The Morgan fingerprint density at radius 2 is 2.50 bits per heavy atom. The summed E-state index contributed by atoms with van der Waals surface area (Å²) in [5.41, 5.74) is 0. The molecular weight excluding hydrogens is 128 g/mol. The number of rotatable bonds is 0. The summed E-state index contributed by atoms with van der Waals surface area (Å²) >= 11 is -1.47. The molecule has 1 heterocycles. The van der Waals surface area contributed by atoms with Gasteiger partial charge in [-0.3, -0.25) is 8.37 Å². The van der Waals surface area contributed by atoms with Crippen LogP contribution in [0.3, 0.4) is 0 Å². The molecule has 0 amide bonds. The van der Waals surface area contributed by atoms with Crippen LogP contribution in [0, 0.1) is 0 Å². The zero-order chi connectivity index (χ0) is 5.98. The summed E-state index contributed by atoms with van der Waals surface area (Å²) in [6.07, 6.45) is 0.927. The molecule has 1 aliphatic heterocycles. The zero-order valence-corrected chi connectivity index (χ0v) is 5.44. The van der Waals surface area contributed by atoms with E-state index in [0.29, 0.717) is 6.61 Å². The molecule has 0 spiro atoms. The SMILES string of the molecule is CC1CCOS(=O)O1. The van der Waals surface area contributed by atoms with Crippen molar-refractivity contribution in [3.05, 3.63) is 0 Å². The third-order valence-electron chi connectivity index (χ3n) is 0.947. The van der Waals surface area contributed by atoms with E-state index in [-0.39, 0.29) is 6.10 Å². The lowest BCUT2D eigenvalue weighted by atomic mass is 10.3. The maximum atomic E-state index is 10.3. The molecule has 3 nitrogen and oxygen atoms in total. The molecule has 2 atom stereocenters. The van der Waals surface area contributed by atoms with E-state index in [1.165, 1.54) is 0 Å². The molecule has 0 aliphatic carbocycles. The smallest absolute Gasteiger partial charge is 0.268 e. The third-order valence-corrected chi connectivity index (χ3v) is 1.79. The van der Waals surface area contributed by atoms with E-state index < -0.39 is 11.4 Å². The van der Waals surface area contributed by atoms with E-state index in [0.717, 1.165) is 6.42 Å². The fourth-order valence-electron chi connectivity index (χ4n) is 0.492. The lowest BCUT2D eigenvalue weighted by Crippen LogP contribution is -2.21. The van der Waals surface area contributed by atoms with Crippen molar-refractivity contribution >= 4 is 11.4 Å². The Hall–Kier alpha value is 0.0700. The molecule has 0 saturated carbocycles. The van der Waals surface area contributed by atoms with Crippen molar-refractivity contribution in [3.63, 3.8) is 0 Å². The predicted molar refractivity (Wildman–Crippen MR) is 29.3 cm³/mol. The topological polar surface area (TPSA) is 35.5 Å². The maximum Gasteiger partial charge on any atom is 0.304 e. The van der Waals surface area contributed by atoms with Crippen LogP contribution in [-0.4, -0.2) is 16.9 Å². The van der Waals surface area contributed by atoms with Gasteiger partial charge in [0.15, 0.2) is 0 Å². The van der Waals surface area contributed by atoms with Crippen LogP contribution in [0.1, 0.15) is 13.3 Å². The second-order valence-corrected chi connectivity index (χ2v) is 2.56. The Morgan fingerprint density at radius 3 is 2.88 bits per heavy atom. The summed E-state index contributed by atoms with van der Waals surface area (Å²) in [6, 6.07) is 0. The lowest BCUT2D eigenvalue weighted by molar-refractivity contribution is 0.125. The van der Waals surface area contributed by atoms with Crippen molar-refractivity contribution in [3.8, 4) is 0 Å². The maximum absolute atomic E-state index is 10.3. The van der Waals surface area contributed by atoms with Crippen LogP contribution < -0.4 is 0 Å². The average molecular weight is 136 g/mol. The van der Waals surface area contributed by atoms with Gasteiger partial charge in [-0.2, -0.15) is 4.21 Å². The van der Waals surface area contributed by atoms with Gasteiger partial charge in [0.25, 0.3) is 0 Å². The van der Waals surface area contributed by atoms with Crippen molar-refractivity contribution in [2.24, 2.45) is 0 Å². The Morgan fingerprint density at radius 1 is 1.75 bits per heavy atom. The van der Waals surface area contributed by atoms with Crippen LogP contribution in [0.2, 0.25) is 0 Å². The van der Waals surface area contributed by atoms with Crippen LogP contribution in [0.15, 0.2) is 0 Å². The Labute approximate surface area is 50.8 Å². The highest BCUT2D eigenvalue weighted by Gasteiger charge is 2.14. The Bertz CT molecular complexity index is 103. The molecule has 1 aliphatic rings. The molecule has 0 aromatic carbocycles. The minimum atomic E-state index is -1.47. The van der Waals surface area contributed by atoms with E-state index in [1.807, 2.05) is 6.92 Å². The van der Waals surface area contributed by atoms with E-state index in [2.05, 4.69) is 4.18 Å². The van der Waals surface area contributed by atoms with Crippen LogP contribution in [0.4, 0.5) is 0 Å². The van der Waals surface area contributed by atoms with Crippen molar-refractivity contribution in [1.29, 1.82) is 0 Å². The van der Waals surface area contributed by atoms with E-state index >= 15 is 0 Å². The number of hydrogen-bond acceptors (Lipinski definition) is 3. The quantitative estimate of drug-likeness (QED) is 0.483. The van der Waals surface area contributed by atoms with Gasteiger partial charge in [0.1, 0.15) is 0 Å². The molecule has 2 unspecified atom stereocenters. The van der Waals surface area contributed by atoms with Gasteiger partial charge in [0.05, 0.1) is 12.7 Å². The highest BCUT2D eigenvalue weighted by Crippen LogP contribution is 2.08. The van der Waals surface area contributed by atoms with E-state index in [1.54, 1.807) is 0 Å². The summed E-state index contributed by atoms with van der Waals surface area (Å²) in [5, 5.41) is 0. The summed E-state index contributed by atoms with van der Waals surface area (Å²) in [6.45, 7) is 2.42. The van der Waals surface area contributed by atoms with Crippen molar-refractivity contribution < 1.29 is 12.6 Å². The van der Waals surface area contributed by atoms with Gasteiger partial charge in [-0.25, -0.2) is 0 Å². The molecular formula is C4H8O3S. The predicted octanol–water partition coefficient (Wildman–Crippen LogP) is 0.391. The first-order valence-electron chi connectivity index (χ1n) is 2.51. The van der Waals surface area contributed by atoms with Crippen LogP contribution in [0.25, 0.3) is 0 Å². The van der Waals surface area contributed by atoms with Crippen molar-refractivity contribution in [1.82, 2.24) is 0 Å². The summed E-state index contributed by atoms with van der Waals surface area (Å²) < 4.78 is 19.7. The first-order valence-corrected chi connectivity index (χ1v) is 3.51. The molecule has 8 heavy (non-hydrogen) atoms. The van der Waals surface area contributed by atoms with Crippen LogP contribution in [0.5, 0.6) is 0 Å². The van der Waals surface area contributed by atoms with Gasteiger partial charge in [-0.1, -0.05) is 0 Å². The normalized spacial score (nSPS) is 39.6. The molecule has 4 heteroatoms. The standard InChI is InChI=1S/C4H8O3S/c1-4-2-3-6-8(5)7-4/h4H,2-3H2,1H3. The monoisotopic (exact) mass is 136 g/mol. The highest BCUT2D eigenvalue weighted by molar-refractivity contribution is 7.75. The first kappa shape index (κ1) is 6.19. The second kappa shape index (κ2) is 2.57. The molecule has 0 N–H and O–H groups in total. The Balaban J connectivity index is 2.34. The van der Waals surface area contributed by atoms with Crippen LogP contribution in [-0.2, 0) is 19.7 Å². The fraction of sp³-hybridized carbons (Fsp3) is 1.00. The van der Waals surface area contributed by atoms with Crippen molar-refractivity contribution in [2.75, 3.05) is 6.61 Å². The average Bonchev–Trinajstić information content (AvgIpc) is 1.64. The summed E-state index contributed by atoms with van der Waals surface area (Å²) in [7, 11) is 0. The molecule has 1 fully saturated rings. The molecule has 0 radical (unpaired) electrons. The first-order chi connectivity index (χ1) is 3.79. The van der Waals surface area contributed by atoms with Gasteiger partial charge >= 0.3 is 11.4 Å². The van der Waals surface area contributed by atoms with Gasteiger partial charge in [0.2, 0.25) is 0 Å². The lowest BCUT2D eigenvalue weighted by Gasteiger charge is -2.15. The van der Waals surface area contributed by atoms with Crippen LogP contribution >= 0.6 is 0 Å². The van der Waals surface area contributed by atoms with E-state index in [9.17, 15) is 4.21 Å². The van der Waals surface area contributed by atoms with Gasteiger partial charge in [0, 0.05) is 0 Å². The van der Waals surface area contributed by atoms with Gasteiger partial charge < -0.3 is 0 Å². The largest absolute Gasteiger partial charge is 0.304 e. The molecule has 48 valence electrons. The second-order valence-electron chi connectivity index (χ2n) is 1.72. The third kappa shape index (κ3) is 1.54. The minimum absolute atomic E-state index is 0.0876. The molecule has 0 aromatic rings. The van der Waals surface area contributed by atoms with E-state index in [4.69, 9.17) is 4.18 Å². The van der Waals surface area contributed by atoms with Gasteiger partial charge in [-0.05, 0) is 13.3 Å². The zero-order valence-electron chi connectivity index (χ0n) is 4.62. The van der Waals surface area contributed by atoms with Crippen molar-refractivity contribution in [2.45, 2.75) is 19.4 Å². The molecule has 0 aromatic heterocycles. The highest BCUT2D eigenvalue weighted by atomic mass is 32.2. The molecule has 0 bridgehead atoms. The van der Waals surface area contributed by atoms with Gasteiger partial charge in [-0.15, -0.1) is 0 Å². The summed E-state index contributed by atoms with van der Waals surface area (Å²) in [5.74, 6) is 0.